The molecule has 2 amide bonds. The SMILES string of the molecule is CCCOC(=O)c1cccc(NC(=O)CSc2nnc([C@@H](NC(=O)c3cccc([N+](=O)[O-])c3)C(C)C)n2C)c1. The minimum absolute atomic E-state index is 0.0306. The van der Waals surface area contributed by atoms with Gasteiger partial charge in [0.2, 0.25) is 5.91 Å². The van der Waals surface area contributed by atoms with Crippen LogP contribution in [-0.2, 0) is 16.6 Å². The average Bonchev–Trinajstić information content (AvgIpc) is 3.28. The van der Waals surface area contributed by atoms with Gasteiger partial charge in [0, 0.05) is 30.4 Å². The molecule has 39 heavy (non-hydrogen) atoms. The first-order valence-corrected chi connectivity index (χ1v) is 13.2. The van der Waals surface area contributed by atoms with E-state index in [2.05, 4.69) is 20.8 Å². The van der Waals surface area contributed by atoms with Gasteiger partial charge in [-0.05, 0) is 36.6 Å². The summed E-state index contributed by atoms with van der Waals surface area (Å²) in [5.41, 5.74) is 0.793. The van der Waals surface area contributed by atoms with Gasteiger partial charge < -0.3 is 19.9 Å². The Morgan fingerprint density at radius 2 is 1.82 bits per heavy atom. The summed E-state index contributed by atoms with van der Waals surface area (Å²) in [5, 5.41) is 25.6. The predicted octanol–water partition coefficient (Wildman–Crippen LogP) is 4.15. The molecule has 3 rings (SSSR count). The second-order valence-electron chi connectivity index (χ2n) is 8.96. The van der Waals surface area contributed by atoms with Crippen molar-refractivity contribution in [1.29, 1.82) is 0 Å². The minimum Gasteiger partial charge on any atom is -0.462 e. The lowest BCUT2D eigenvalue weighted by Crippen LogP contribution is -2.33. The predicted molar refractivity (Wildman–Crippen MR) is 146 cm³/mol. The Kier molecular flexibility index (Phi) is 10.1. The highest BCUT2D eigenvalue weighted by Crippen LogP contribution is 2.25. The maximum Gasteiger partial charge on any atom is 0.338 e. The molecular formula is C26H30N6O6S. The number of nitrogens with zero attached hydrogens (tertiary/aromatic N) is 4. The van der Waals surface area contributed by atoms with Gasteiger partial charge in [-0.1, -0.05) is 44.7 Å². The van der Waals surface area contributed by atoms with Crippen LogP contribution in [0.1, 0.15) is 59.8 Å². The zero-order valence-corrected chi connectivity index (χ0v) is 22.9. The molecule has 0 radical (unpaired) electrons. The lowest BCUT2D eigenvalue weighted by Gasteiger charge is -2.21. The molecule has 2 N–H and O–H groups in total. The number of amides is 2. The Morgan fingerprint density at radius 1 is 1.10 bits per heavy atom. The Balaban J connectivity index is 1.64. The lowest BCUT2D eigenvalue weighted by atomic mass is 10.0. The van der Waals surface area contributed by atoms with E-state index < -0.39 is 22.8 Å². The molecule has 1 heterocycles. The van der Waals surface area contributed by atoms with Crippen molar-refractivity contribution in [3.63, 3.8) is 0 Å². The molecule has 13 heteroatoms. The van der Waals surface area contributed by atoms with E-state index >= 15 is 0 Å². The van der Waals surface area contributed by atoms with Gasteiger partial charge in [0.05, 0.1) is 28.9 Å². The lowest BCUT2D eigenvalue weighted by molar-refractivity contribution is -0.384. The standard InChI is InChI=1S/C26H30N6O6S/c1-5-12-38-25(35)18-9-6-10-19(13-18)27-21(33)15-39-26-30-29-23(31(26)4)22(16(2)3)28-24(34)17-8-7-11-20(14-17)32(36)37/h6-11,13-14,16,22H,5,12,15H2,1-4H3,(H,27,33)(H,28,34)/t22-/m0/s1. The molecule has 0 fully saturated rings. The number of ether oxygens (including phenoxy) is 1. The topological polar surface area (TPSA) is 158 Å². The summed E-state index contributed by atoms with van der Waals surface area (Å²) in [6.45, 7) is 6.03. The van der Waals surface area contributed by atoms with Crippen LogP contribution < -0.4 is 10.6 Å². The second-order valence-corrected chi connectivity index (χ2v) is 9.90. The van der Waals surface area contributed by atoms with Crippen molar-refractivity contribution in [2.75, 3.05) is 17.7 Å². The quantitative estimate of drug-likeness (QED) is 0.145. The molecule has 0 aliphatic rings. The van der Waals surface area contributed by atoms with Crippen LogP contribution >= 0.6 is 11.8 Å². The third kappa shape index (κ3) is 7.87. The van der Waals surface area contributed by atoms with Crippen molar-refractivity contribution < 1.29 is 24.0 Å². The Bertz CT molecular complexity index is 1360. The van der Waals surface area contributed by atoms with Crippen LogP contribution in [0.15, 0.2) is 53.7 Å². The molecular weight excluding hydrogens is 524 g/mol. The van der Waals surface area contributed by atoms with Crippen LogP contribution in [0.4, 0.5) is 11.4 Å². The molecule has 0 spiro atoms. The van der Waals surface area contributed by atoms with Crippen LogP contribution in [0.2, 0.25) is 0 Å². The molecule has 2 aromatic carbocycles. The van der Waals surface area contributed by atoms with Gasteiger partial charge >= 0.3 is 5.97 Å². The van der Waals surface area contributed by atoms with Gasteiger partial charge in [-0.2, -0.15) is 0 Å². The van der Waals surface area contributed by atoms with Crippen LogP contribution in [-0.4, -0.2) is 49.8 Å². The number of nitro groups is 1. The number of hydrogen-bond donors (Lipinski definition) is 2. The number of hydrogen-bond acceptors (Lipinski definition) is 9. The highest BCUT2D eigenvalue weighted by atomic mass is 32.2. The number of nitrogens with one attached hydrogen (secondary N) is 2. The van der Waals surface area contributed by atoms with Gasteiger partial charge in [0.1, 0.15) is 0 Å². The highest BCUT2D eigenvalue weighted by molar-refractivity contribution is 7.99. The number of nitro benzene ring substituents is 1. The fraction of sp³-hybridized carbons (Fsp3) is 0.346. The first-order valence-electron chi connectivity index (χ1n) is 12.2. The molecule has 0 aliphatic carbocycles. The van der Waals surface area contributed by atoms with Gasteiger partial charge in [0.15, 0.2) is 11.0 Å². The maximum atomic E-state index is 12.9. The molecule has 0 saturated carbocycles. The Labute approximate surface area is 229 Å². The van der Waals surface area contributed by atoms with E-state index in [4.69, 9.17) is 4.74 Å². The number of carbonyl (C=O) groups is 3. The summed E-state index contributed by atoms with van der Waals surface area (Å²) in [7, 11) is 1.73. The van der Waals surface area contributed by atoms with Crippen molar-refractivity contribution in [2.45, 2.75) is 38.4 Å². The number of non-ortho nitro benzene ring substituents is 1. The van der Waals surface area contributed by atoms with E-state index in [1.165, 1.54) is 24.3 Å². The number of anilines is 1. The molecule has 0 aliphatic heterocycles. The fourth-order valence-corrected chi connectivity index (χ4v) is 4.28. The number of rotatable bonds is 12. The van der Waals surface area contributed by atoms with E-state index in [0.717, 1.165) is 11.8 Å². The summed E-state index contributed by atoms with van der Waals surface area (Å²) in [4.78, 5) is 48.0. The van der Waals surface area contributed by atoms with E-state index in [9.17, 15) is 24.5 Å². The summed E-state index contributed by atoms with van der Waals surface area (Å²) in [6.07, 6.45) is 0.714. The molecule has 0 bridgehead atoms. The average molecular weight is 555 g/mol. The molecule has 12 nitrogen and oxygen atoms in total. The van der Waals surface area contributed by atoms with Crippen molar-refractivity contribution in [2.24, 2.45) is 13.0 Å². The summed E-state index contributed by atoms with van der Waals surface area (Å²) < 4.78 is 6.83. The number of carbonyl (C=O) groups excluding carboxylic acids is 3. The van der Waals surface area contributed by atoms with E-state index in [1.807, 2.05) is 20.8 Å². The Hall–Kier alpha value is -4.26. The molecule has 1 aromatic heterocycles. The van der Waals surface area contributed by atoms with Crippen molar-refractivity contribution >= 4 is 40.9 Å². The van der Waals surface area contributed by atoms with Crippen LogP contribution in [0.25, 0.3) is 0 Å². The van der Waals surface area contributed by atoms with E-state index in [1.54, 1.807) is 35.9 Å². The number of thioether (sulfide) groups is 1. The van der Waals surface area contributed by atoms with Gasteiger partial charge in [-0.25, -0.2) is 4.79 Å². The molecule has 206 valence electrons. The fourth-order valence-electron chi connectivity index (χ4n) is 3.57. The number of benzene rings is 2. The zero-order chi connectivity index (χ0) is 28.5. The number of esters is 1. The Morgan fingerprint density at radius 3 is 2.51 bits per heavy atom. The smallest absolute Gasteiger partial charge is 0.338 e. The minimum atomic E-state index is -0.558. The molecule has 1 atom stereocenters. The van der Waals surface area contributed by atoms with Gasteiger partial charge in [-0.3, -0.25) is 19.7 Å². The molecule has 0 saturated heterocycles. The molecule has 3 aromatic rings. The third-order valence-corrected chi connectivity index (χ3v) is 6.59. The largest absolute Gasteiger partial charge is 0.462 e. The first-order chi connectivity index (χ1) is 18.6. The number of aromatic nitrogens is 3. The maximum absolute atomic E-state index is 12.9. The first kappa shape index (κ1) is 29.3. The van der Waals surface area contributed by atoms with Crippen LogP contribution in [0, 0.1) is 16.0 Å². The summed E-state index contributed by atoms with van der Waals surface area (Å²) in [5.74, 6) is -0.801. The summed E-state index contributed by atoms with van der Waals surface area (Å²) >= 11 is 1.16. The van der Waals surface area contributed by atoms with Crippen LogP contribution in [0.3, 0.4) is 0 Å². The van der Waals surface area contributed by atoms with Gasteiger partial charge in [-0.15, -0.1) is 10.2 Å². The normalized spacial score (nSPS) is 11.6. The monoisotopic (exact) mass is 554 g/mol. The second kappa shape index (κ2) is 13.5. The molecule has 0 unspecified atom stereocenters. The highest BCUT2D eigenvalue weighted by Gasteiger charge is 2.26. The summed E-state index contributed by atoms with van der Waals surface area (Å²) in [6, 6.07) is 11.5. The van der Waals surface area contributed by atoms with Crippen molar-refractivity contribution in [3.05, 3.63) is 75.6 Å². The van der Waals surface area contributed by atoms with E-state index in [-0.39, 0.29) is 28.8 Å². The van der Waals surface area contributed by atoms with Gasteiger partial charge in [0.25, 0.3) is 11.6 Å². The van der Waals surface area contributed by atoms with E-state index in [0.29, 0.717) is 35.3 Å². The van der Waals surface area contributed by atoms with Crippen LogP contribution in [0.5, 0.6) is 0 Å². The third-order valence-electron chi connectivity index (χ3n) is 5.57. The zero-order valence-electron chi connectivity index (χ0n) is 22.0. The van der Waals surface area contributed by atoms with Crippen molar-refractivity contribution in [3.8, 4) is 0 Å². The van der Waals surface area contributed by atoms with Crippen molar-refractivity contribution in [1.82, 2.24) is 20.1 Å².